The number of amides is 3. The summed E-state index contributed by atoms with van der Waals surface area (Å²) in [5, 5.41) is 3.73. The van der Waals surface area contributed by atoms with Crippen LogP contribution in [0.25, 0.3) is 0 Å². The molecular weight excluding hydrogens is 440 g/mol. The van der Waals surface area contributed by atoms with Crippen LogP contribution in [0.1, 0.15) is 90.9 Å². The number of anilines is 1. The second-order valence-electron chi connectivity index (χ2n) is 9.08. The van der Waals surface area contributed by atoms with Crippen molar-refractivity contribution in [2.45, 2.75) is 107 Å². The topological polar surface area (TPSA) is 65.5 Å². The van der Waals surface area contributed by atoms with Gasteiger partial charge in [0.2, 0.25) is 5.91 Å². The first-order chi connectivity index (χ1) is 15.6. The van der Waals surface area contributed by atoms with E-state index < -0.39 is 0 Å². The number of carbonyl (C=O) groups excluding carboxylic acids is 2. The number of nitrogens with one attached hydrogen (secondary N) is 1. The highest BCUT2D eigenvalue weighted by atomic mass is 32.2. The maximum absolute atomic E-state index is 13.3. The largest absolute Gasteiger partial charge is 0.342 e. The number of hydrogen-bond donors (Lipinski definition) is 1. The highest BCUT2D eigenvalue weighted by molar-refractivity contribution is 8.01. The molecule has 3 amide bonds. The summed E-state index contributed by atoms with van der Waals surface area (Å²) in [6.45, 7) is 5.83. The van der Waals surface area contributed by atoms with Gasteiger partial charge in [0.25, 0.3) is 0 Å². The van der Waals surface area contributed by atoms with Gasteiger partial charge in [0, 0.05) is 25.2 Å². The average Bonchev–Trinajstić information content (AvgIpc) is 3.26. The van der Waals surface area contributed by atoms with Gasteiger partial charge in [-0.2, -0.15) is 0 Å². The van der Waals surface area contributed by atoms with Crippen LogP contribution in [0.2, 0.25) is 0 Å². The summed E-state index contributed by atoms with van der Waals surface area (Å²) < 4.78 is 0.975. The van der Waals surface area contributed by atoms with E-state index in [1.807, 2.05) is 4.90 Å². The normalized spacial score (nSPS) is 17.8. The fraction of sp³-hybridized carbons (Fsp3) is 0.792. The quantitative estimate of drug-likeness (QED) is 0.394. The molecule has 1 aromatic rings. The van der Waals surface area contributed by atoms with Gasteiger partial charge in [0.05, 0.1) is 16.2 Å². The van der Waals surface area contributed by atoms with E-state index >= 15 is 0 Å². The van der Waals surface area contributed by atoms with Crippen molar-refractivity contribution < 1.29 is 9.59 Å². The van der Waals surface area contributed by atoms with E-state index in [0.29, 0.717) is 23.0 Å². The summed E-state index contributed by atoms with van der Waals surface area (Å²) >= 11 is 3.00. The van der Waals surface area contributed by atoms with Crippen LogP contribution in [-0.2, 0) is 4.79 Å². The zero-order chi connectivity index (χ0) is 22.8. The second kappa shape index (κ2) is 13.4. The molecule has 180 valence electrons. The maximum atomic E-state index is 13.3. The zero-order valence-corrected chi connectivity index (χ0v) is 21.4. The summed E-state index contributed by atoms with van der Waals surface area (Å²) in [7, 11) is 0. The molecule has 1 N–H and O–H groups in total. The smallest absolute Gasteiger partial charge is 0.324 e. The van der Waals surface area contributed by atoms with Crippen molar-refractivity contribution in [1.29, 1.82) is 0 Å². The number of rotatable bonds is 10. The van der Waals surface area contributed by atoms with E-state index in [4.69, 9.17) is 0 Å². The van der Waals surface area contributed by atoms with Crippen LogP contribution >= 0.6 is 23.1 Å². The Morgan fingerprint density at radius 2 is 1.56 bits per heavy atom. The van der Waals surface area contributed by atoms with Crippen molar-refractivity contribution in [2.75, 3.05) is 24.2 Å². The van der Waals surface area contributed by atoms with Gasteiger partial charge < -0.3 is 9.80 Å². The summed E-state index contributed by atoms with van der Waals surface area (Å²) in [5.74, 6) is 0.602. The molecular formula is C24H40N4O2S2. The fourth-order valence-electron chi connectivity index (χ4n) is 5.01. The van der Waals surface area contributed by atoms with Gasteiger partial charge in [-0.3, -0.25) is 10.1 Å². The van der Waals surface area contributed by atoms with Crippen LogP contribution in [-0.4, -0.2) is 57.6 Å². The predicted octanol–water partition coefficient (Wildman–Crippen LogP) is 6.38. The lowest BCUT2D eigenvalue weighted by atomic mass is 9.89. The Morgan fingerprint density at radius 3 is 2.09 bits per heavy atom. The molecule has 0 aromatic carbocycles. The lowest BCUT2D eigenvalue weighted by molar-refractivity contribution is -0.128. The van der Waals surface area contributed by atoms with Gasteiger partial charge in [-0.15, -0.1) is 11.8 Å². The van der Waals surface area contributed by atoms with Gasteiger partial charge in [-0.1, -0.05) is 63.7 Å². The van der Waals surface area contributed by atoms with Crippen molar-refractivity contribution in [3.63, 3.8) is 0 Å². The first-order valence-corrected chi connectivity index (χ1v) is 14.4. The lowest BCUT2D eigenvalue weighted by Crippen LogP contribution is -2.50. The molecule has 0 saturated heterocycles. The molecule has 0 atom stereocenters. The number of carbonyl (C=O) groups is 2. The molecule has 6 nitrogen and oxygen atoms in total. The van der Waals surface area contributed by atoms with Crippen molar-refractivity contribution in [3.05, 3.63) is 6.20 Å². The van der Waals surface area contributed by atoms with Gasteiger partial charge in [-0.05, 0) is 38.5 Å². The van der Waals surface area contributed by atoms with Gasteiger partial charge >= 0.3 is 6.03 Å². The highest BCUT2D eigenvalue weighted by Crippen LogP contribution is 2.32. The first-order valence-electron chi connectivity index (χ1n) is 12.6. The summed E-state index contributed by atoms with van der Waals surface area (Å²) in [5.41, 5.74) is 0. The predicted molar refractivity (Wildman–Crippen MR) is 135 cm³/mol. The minimum Gasteiger partial charge on any atom is -0.342 e. The Balaban J connectivity index is 1.57. The van der Waals surface area contributed by atoms with Crippen molar-refractivity contribution >= 4 is 40.2 Å². The summed E-state index contributed by atoms with van der Waals surface area (Å²) in [6, 6.07) is 0.741. The summed E-state index contributed by atoms with van der Waals surface area (Å²) in [6.07, 6.45) is 15.7. The minimum absolute atomic E-state index is 0.0165. The van der Waals surface area contributed by atoms with Gasteiger partial charge in [0.15, 0.2) is 5.13 Å². The Hall–Kier alpha value is -1.28. The van der Waals surface area contributed by atoms with Crippen LogP contribution in [0.5, 0.6) is 0 Å². The SMILES string of the molecule is CCCN(CCC)C(=O)CSc1cnc(NC(=O)N(C2CCCCC2)C2CCCCC2)s1. The van der Waals surface area contributed by atoms with Crippen LogP contribution in [0, 0.1) is 0 Å². The Morgan fingerprint density at radius 1 is 1.00 bits per heavy atom. The number of thiazole rings is 1. The third-order valence-corrected chi connectivity index (χ3v) is 8.64. The number of urea groups is 1. The molecule has 2 aliphatic rings. The molecule has 32 heavy (non-hydrogen) atoms. The molecule has 0 aliphatic heterocycles. The van der Waals surface area contributed by atoms with Crippen LogP contribution in [0.3, 0.4) is 0 Å². The molecule has 1 aromatic heterocycles. The molecule has 3 rings (SSSR count). The second-order valence-corrected chi connectivity index (χ2v) is 11.4. The van der Waals surface area contributed by atoms with Crippen molar-refractivity contribution in [3.8, 4) is 0 Å². The summed E-state index contributed by atoms with van der Waals surface area (Å²) in [4.78, 5) is 34.4. The van der Waals surface area contributed by atoms with E-state index in [-0.39, 0.29) is 11.9 Å². The van der Waals surface area contributed by atoms with E-state index in [1.54, 1.807) is 6.20 Å². The molecule has 0 bridgehead atoms. The molecule has 1 heterocycles. The van der Waals surface area contributed by atoms with Crippen LogP contribution < -0.4 is 5.32 Å². The number of thioether (sulfide) groups is 1. The number of aromatic nitrogens is 1. The Bertz CT molecular complexity index is 691. The third-order valence-electron chi connectivity index (χ3n) is 6.55. The van der Waals surface area contributed by atoms with Crippen LogP contribution in [0.15, 0.2) is 10.4 Å². The monoisotopic (exact) mass is 480 g/mol. The van der Waals surface area contributed by atoms with E-state index in [9.17, 15) is 9.59 Å². The van der Waals surface area contributed by atoms with E-state index in [1.165, 1.54) is 61.6 Å². The third kappa shape index (κ3) is 7.37. The standard InChI is InChI=1S/C24H40N4O2S2/c1-3-15-27(16-4-2)21(29)18-31-22-17-25-23(32-22)26-24(30)28(19-11-7-5-8-12-19)20-13-9-6-10-14-20/h17,19-20H,3-16,18H2,1-2H3,(H,25,26,30). The Kier molecular flexibility index (Phi) is 10.6. The maximum Gasteiger partial charge on any atom is 0.324 e. The molecule has 2 fully saturated rings. The molecule has 0 unspecified atom stereocenters. The van der Waals surface area contributed by atoms with Crippen molar-refractivity contribution in [2.24, 2.45) is 0 Å². The minimum atomic E-state index is 0.0165. The molecule has 2 aliphatic carbocycles. The van der Waals surface area contributed by atoms with Gasteiger partial charge in [-0.25, -0.2) is 9.78 Å². The van der Waals surface area contributed by atoms with Gasteiger partial charge in [0.1, 0.15) is 0 Å². The van der Waals surface area contributed by atoms with Crippen molar-refractivity contribution in [1.82, 2.24) is 14.8 Å². The molecule has 2 saturated carbocycles. The highest BCUT2D eigenvalue weighted by Gasteiger charge is 2.32. The van der Waals surface area contributed by atoms with Crippen LogP contribution in [0.4, 0.5) is 9.93 Å². The molecule has 0 spiro atoms. The number of hydrogen-bond acceptors (Lipinski definition) is 5. The molecule has 8 heteroatoms. The molecule has 0 radical (unpaired) electrons. The fourth-order valence-corrected chi connectivity index (χ4v) is 6.78. The van der Waals surface area contributed by atoms with E-state index in [0.717, 1.165) is 55.8 Å². The van der Waals surface area contributed by atoms with E-state index in [2.05, 4.69) is 29.0 Å². The first kappa shape index (κ1) is 25.3. The average molecular weight is 481 g/mol. The lowest BCUT2D eigenvalue weighted by Gasteiger charge is -2.41. The number of nitrogens with zero attached hydrogens (tertiary/aromatic N) is 3. The zero-order valence-electron chi connectivity index (χ0n) is 19.8. The Labute approximate surface area is 201 Å².